The van der Waals surface area contributed by atoms with Crippen molar-refractivity contribution >= 4 is 0 Å². The highest BCUT2D eigenvalue weighted by Gasteiger charge is 2.39. The molecule has 3 heteroatoms. The lowest BCUT2D eigenvalue weighted by atomic mass is 9.75. The smallest absolute Gasteiger partial charge is 0.179 e. The van der Waals surface area contributed by atoms with Gasteiger partial charge in [0.15, 0.2) is 5.60 Å². The predicted octanol–water partition coefficient (Wildman–Crippen LogP) is 2.70. The van der Waals surface area contributed by atoms with Crippen LogP contribution in [0.25, 0.3) is 0 Å². The summed E-state index contributed by atoms with van der Waals surface area (Å²) in [6, 6.07) is 10.4. The van der Waals surface area contributed by atoms with Crippen LogP contribution in [0, 0.1) is 11.3 Å². The molecule has 0 saturated heterocycles. The van der Waals surface area contributed by atoms with Crippen molar-refractivity contribution in [2.24, 2.45) is 0 Å². The third-order valence-electron chi connectivity index (χ3n) is 3.69. The highest BCUT2D eigenvalue weighted by Crippen LogP contribution is 2.43. The summed E-state index contributed by atoms with van der Waals surface area (Å²) in [4.78, 5) is 0. The van der Waals surface area contributed by atoms with E-state index in [1.165, 1.54) is 5.56 Å². The molecule has 0 amide bonds. The van der Waals surface area contributed by atoms with E-state index in [2.05, 4.69) is 19.1 Å². The van der Waals surface area contributed by atoms with Crippen LogP contribution in [0.4, 0.5) is 0 Å². The summed E-state index contributed by atoms with van der Waals surface area (Å²) < 4.78 is 5.81. The predicted molar refractivity (Wildman–Crippen MR) is 69.0 cm³/mol. The second kappa shape index (κ2) is 5.51. The molecule has 0 radical (unpaired) electrons. The van der Waals surface area contributed by atoms with Crippen LogP contribution < -0.4 is 0 Å². The molecule has 18 heavy (non-hydrogen) atoms. The minimum Gasteiger partial charge on any atom is -0.396 e. The van der Waals surface area contributed by atoms with E-state index in [4.69, 9.17) is 9.84 Å². The molecule has 0 saturated carbocycles. The average Bonchev–Trinajstić information content (AvgIpc) is 2.42. The summed E-state index contributed by atoms with van der Waals surface area (Å²) in [7, 11) is 0. The lowest BCUT2D eigenvalue weighted by Crippen LogP contribution is -2.34. The molecule has 0 bridgehead atoms. The van der Waals surface area contributed by atoms with Gasteiger partial charge in [0, 0.05) is 12.2 Å². The summed E-state index contributed by atoms with van der Waals surface area (Å²) in [5, 5.41) is 18.4. The largest absolute Gasteiger partial charge is 0.396 e. The van der Waals surface area contributed by atoms with Crippen LogP contribution in [0.2, 0.25) is 0 Å². The zero-order valence-corrected chi connectivity index (χ0v) is 10.7. The van der Waals surface area contributed by atoms with Crippen LogP contribution in [0.1, 0.15) is 43.2 Å². The van der Waals surface area contributed by atoms with Crippen LogP contribution in [0.5, 0.6) is 0 Å². The number of nitrogens with zero attached hydrogens (tertiary/aromatic N) is 1. The van der Waals surface area contributed by atoms with Crippen LogP contribution in [-0.2, 0) is 10.3 Å². The van der Waals surface area contributed by atoms with Crippen molar-refractivity contribution in [1.82, 2.24) is 0 Å². The number of hydrogen-bond donors (Lipinski definition) is 1. The first-order valence-corrected chi connectivity index (χ1v) is 6.49. The second-order valence-corrected chi connectivity index (χ2v) is 4.89. The van der Waals surface area contributed by atoms with Crippen molar-refractivity contribution in [3.05, 3.63) is 35.4 Å². The number of rotatable bonds is 4. The Balaban J connectivity index is 2.32. The Kier molecular flexibility index (Phi) is 4.00. The van der Waals surface area contributed by atoms with Crippen molar-refractivity contribution in [2.45, 2.75) is 37.7 Å². The minimum absolute atomic E-state index is 0.0968. The van der Waals surface area contributed by atoms with Gasteiger partial charge in [-0.25, -0.2) is 0 Å². The maximum Gasteiger partial charge on any atom is 0.179 e. The summed E-state index contributed by atoms with van der Waals surface area (Å²) in [6.45, 7) is 2.71. The SMILES string of the molecule is CC1CCC(C#N)(OCCCO)c2ccccc21. The Morgan fingerprint density at radius 3 is 3.00 bits per heavy atom. The zero-order valence-electron chi connectivity index (χ0n) is 10.7. The van der Waals surface area contributed by atoms with E-state index in [1.807, 2.05) is 18.2 Å². The second-order valence-electron chi connectivity index (χ2n) is 4.89. The number of benzene rings is 1. The van der Waals surface area contributed by atoms with Crippen LogP contribution in [0.3, 0.4) is 0 Å². The first-order chi connectivity index (χ1) is 8.73. The van der Waals surface area contributed by atoms with E-state index in [-0.39, 0.29) is 6.61 Å². The minimum atomic E-state index is -0.821. The molecule has 1 aromatic carbocycles. The fraction of sp³-hybridized carbons (Fsp3) is 0.533. The van der Waals surface area contributed by atoms with E-state index >= 15 is 0 Å². The first-order valence-electron chi connectivity index (χ1n) is 6.49. The summed E-state index contributed by atoms with van der Waals surface area (Å²) in [5.41, 5.74) is 1.40. The number of aliphatic hydroxyl groups excluding tert-OH is 1. The van der Waals surface area contributed by atoms with Gasteiger partial charge in [-0.2, -0.15) is 5.26 Å². The molecule has 0 fully saturated rings. The monoisotopic (exact) mass is 245 g/mol. The molecule has 1 N–H and O–H groups in total. The van der Waals surface area contributed by atoms with Gasteiger partial charge in [-0.3, -0.25) is 0 Å². The van der Waals surface area contributed by atoms with E-state index < -0.39 is 5.60 Å². The summed E-state index contributed by atoms with van der Waals surface area (Å²) in [6.07, 6.45) is 2.26. The van der Waals surface area contributed by atoms with Crippen LogP contribution in [0.15, 0.2) is 24.3 Å². The highest BCUT2D eigenvalue weighted by atomic mass is 16.5. The van der Waals surface area contributed by atoms with Crippen molar-refractivity contribution in [3.63, 3.8) is 0 Å². The normalized spacial score (nSPS) is 26.4. The standard InChI is InChI=1S/C15H19NO2/c1-12-7-8-15(11-16,18-10-4-9-17)14-6-3-2-5-13(12)14/h2-3,5-6,12,17H,4,7-10H2,1H3. The molecule has 0 aromatic heterocycles. The Labute approximate surface area is 108 Å². The van der Waals surface area contributed by atoms with Crippen LogP contribution in [-0.4, -0.2) is 18.3 Å². The Hall–Kier alpha value is -1.37. The number of fused-ring (bicyclic) bond motifs is 1. The maximum atomic E-state index is 9.54. The number of nitriles is 1. The Bertz CT molecular complexity index is 452. The van der Waals surface area contributed by atoms with E-state index in [0.29, 0.717) is 18.9 Å². The molecular formula is C15H19NO2. The molecule has 3 nitrogen and oxygen atoms in total. The van der Waals surface area contributed by atoms with Gasteiger partial charge in [0.05, 0.1) is 6.61 Å². The van der Waals surface area contributed by atoms with Gasteiger partial charge in [0.2, 0.25) is 0 Å². The van der Waals surface area contributed by atoms with Crippen molar-refractivity contribution in [1.29, 1.82) is 5.26 Å². The van der Waals surface area contributed by atoms with Crippen molar-refractivity contribution in [3.8, 4) is 6.07 Å². The van der Waals surface area contributed by atoms with Gasteiger partial charge in [-0.1, -0.05) is 31.2 Å². The molecule has 1 aliphatic carbocycles. The zero-order chi connectivity index (χ0) is 13.0. The van der Waals surface area contributed by atoms with Crippen molar-refractivity contribution < 1.29 is 9.84 Å². The molecule has 2 unspecified atom stereocenters. The highest BCUT2D eigenvalue weighted by molar-refractivity contribution is 5.41. The van der Waals surface area contributed by atoms with E-state index in [9.17, 15) is 5.26 Å². The molecular weight excluding hydrogens is 226 g/mol. The van der Waals surface area contributed by atoms with Gasteiger partial charge in [0.25, 0.3) is 0 Å². The van der Waals surface area contributed by atoms with Gasteiger partial charge in [0.1, 0.15) is 6.07 Å². The van der Waals surface area contributed by atoms with E-state index in [0.717, 1.165) is 18.4 Å². The maximum absolute atomic E-state index is 9.54. The molecule has 0 heterocycles. The molecule has 1 aromatic rings. The molecule has 0 aliphatic heterocycles. The topological polar surface area (TPSA) is 53.2 Å². The van der Waals surface area contributed by atoms with E-state index in [1.54, 1.807) is 0 Å². The third-order valence-corrected chi connectivity index (χ3v) is 3.69. The van der Waals surface area contributed by atoms with Gasteiger partial charge in [-0.05, 0) is 30.7 Å². The number of aliphatic hydroxyl groups is 1. The number of hydrogen-bond acceptors (Lipinski definition) is 3. The lowest BCUT2D eigenvalue weighted by Gasteiger charge is -2.36. The van der Waals surface area contributed by atoms with Gasteiger partial charge >= 0.3 is 0 Å². The number of ether oxygens (including phenoxy) is 1. The van der Waals surface area contributed by atoms with Gasteiger partial charge < -0.3 is 9.84 Å². The van der Waals surface area contributed by atoms with Gasteiger partial charge in [-0.15, -0.1) is 0 Å². The summed E-state index contributed by atoms with van der Waals surface area (Å²) in [5.74, 6) is 0.476. The fourth-order valence-electron chi connectivity index (χ4n) is 2.61. The quantitative estimate of drug-likeness (QED) is 0.830. The molecule has 0 spiro atoms. The molecule has 1 aliphatic rings. The lowest BCUT2D eigenvalue weighted by molar-refractivity contribution is -0.0256. The first kappa shape index (κ1) is 13.1. The molecule has 96 valence electrons. The fourth-order valence-corrected chi connectivity index (χ4v) is 2.61. The molecule has 2 rings (SSSR count). The summed E-state index contributed by atoms with van der Waals surface area (Å²) >= 11 is 0. The average molecular weight is 245 g/mol. The third kappa shape index (κ3) is 2.27. The molecule has 2 atom stereocenters. The van der Waals surface area contributed by atoms with Crippen LogP contribution >= 0.6 is 0 Å². The van der Waals surface area contributed by atoms with Crippen molar-refractivity contribution in [2.75, 3.05) is 13.2 Å². The Morgan fingerprint density at radius 1 is 1.50 bits per heavy atom. The Morgan fingerprint density at radius 2 is 2.28 bits per heavy atom.